The minimum Gasteiger partial charge on any atom is -0.222 e. The molecule has 0 spiro atoms. The number of benzene rings is 7. The molecule has 1 saturated heterocycles. The van der Waals surface area contributed by atoms with Crippen molar-refractivity contribution < 1.29 is 4.58 Å². The van der Waals surface area contributed by atoms with Gasteiger partial charge in [-0.25, -0.2) is 4.58 Å². The summed E-state index contributed by atoms with van der Waals surface area (Å²) in [5.41, 5.74) is 14.7. The van der Waals surface area contributed by atoms with Gasteiger partial charge in [0.1, 0.15) is 6.72 Å². The highest BCUT2D eigenvalue weighted by atomic mass is 15.2. The molecule has 1 unspecified atom stereocenters. The Morgan fingerprint density at radius 3 is 2.07 bits per heavy atom. The predicted molar refractivity (Wildman–Crippen MR) is 183 cm³/mol. The molecule has 0 amide bonds. The van der Waals surface area contributed by atoms with Crippen LogP contribution in [0.25, 0.3) is 76.8 Å². The van der Waals surface area contributed by atoms with Gasteiger partial charge in [-0.1, -0.05) is 104 Å². The second-order valence-electron chi connectivity index (χ2n) is 12.4. The van der Waals surface area contributed by atoms with Gasteiger partial charge < -0.3 is 0 Å². The summed E-state index contributed by atoms with van der Waals surface area (Å²) in [6, 6.07) is 44.0. The van der Waals surface area contributed by atoms with E-state index in [1.54, 1.807) is 0 Å². The van der Waals surface area contributed by atoms with Gasteiger partial charge in [-0.2, -0.15) is 0 Å². The maximum absolute atomic E-state index is 4.19. The summed E-state index contributed by atoms with van der Waals surface area (Å²) in [6.07, 6.45) is 1.05. The molecule has 1 heterocycles. The second-order valence-corrected chi connectivity index (χ2v) is 12.4. The van der Waals surface area contributed by atoms with Crippen LogP contribution in [0, 0.1) is 6.92 Å². The lowest BCUT2D eigenvalue weighted by Gasteiger charge is -2.16. The first-order chi connectivity index (χ1) is 21.1. The van der Waals surface area contributed by atoms with E-state index in [9.17, 15) is 0 Å². The fourth-order valence-electron chi connectivity index (χ4n) is 7.49. The number of fused-ring (bicyclic) bond motifs is 7. The van der Waals surface area contributed by atoms with Crippen LogP contribution >= 0.6 is 0 Å². The number of hydrogen-bond acceptors (Lipinski definition) is 0. The van der Waals surface area contributed by atoms with E-state index in [-0.39, 0.29) is 0 Å². The summed E-state index contributed by atoms with van der Waals surface area (Å²) in [5.74, 6) is 0. The van der Waals surface area contributed by atoms with Crippen molar-refractivity contribution in [2.75, 3.05) is 6.54 Å². The van der Waals surface area contributed by atoms with Gasteiger partial charge >= 0.3 is 0 Å². The van der Waals surface area contributed by atoms with Gasteiger partial charge in [0, 0.05) is 5.56 Å². The average molecular weight is 551 g/mol. The number of aryl methyl sites for hydroxylation is 2. The van der Waals surface area contributed by atoms with E-state index in [2.05, 4.69) is 140 Å². The van der Waals surface area contributed by atoms with Crippen molar-refractivity contribution in [2.45, 2.75) is 26.3 Å². The predicted octanol–water partition coefficient (Wildman–Crippen LogP) is 10.8. The molecule has 1 atom stereocenters. The Hall–Kier alpha value is -5.01. The Bertz CT molecular complexity index is 2310. The number of nitrogens with zero attached hydrogens (tertiary/aromatic N) is 1. The number of rotatable bonds is 4. The molecule has 43 heavy (non-hydrogen) atoms. The largest absolute Gasteiger partial charge is 0.235 e. The first-order valence-corrected chi connectivity index (χ1v) is 15.4. The van der Waals surface area contributed by atoms with E-state index in [0.717, 1.165) is 13.0 Å². The summed E-state index contributed by atoms with van der Waals surface area (Å²) >= 11 is 0. The van der Waals surface area contributed by atoms with E-state index >= 15 is 0 Å². The third-order valence-electron chi connectivity index (χ3n) is 9.92. The summed E-state index contributed by atoms with van der Waals surface area (Å²) in [7, 11) is 0. The lowest BCUT2D eigenvalue weighted by Crippen LogP contribution is -1.91. The van der Waals surface area contributed by atoms with Crippen molar-refractivity contribution in [3.8, 4) is 44.5 Å². The molecular weight excluding hydrogens is 518 g/mol. The molecule has 1 nitrogen and oxygen atoms in total. The molecule has 1 aliphatic heterocycles. The van der Waals surface area contributed by atoms with Crippen molar-refractivity contribution in [3.63, 3.8) is 0 Å². The Balaban J connectivity index is 1.35. The zero-order valence-corrected chi connectivity index (χ0v) is 24.6. The van der Waals surface area contributed by atoms with Crippen LogP contribution in [0.15, 0.2) is 115 Å². The van der Waals surface area contributed by atoms with Crippen molar-refractivity contribution in [1.82, 2.24) is 0 Å². The molecule has 0 bridgehead atoms. The van der Waals surface area contributed by atoms with Gasteiger partial charge in [0.15, 0.2) is 0 Å². The van der Waals surface area contributed by atoms with E-state index in [1.165, 1.54) is 93.5 Å². The van der Waals surface area contributed by atoms with Crippen molar-refractivity contribution >= 4 is 39.0 Å². The van der Waals surface area contributed by atoms with Crippen LogP contribution in [-0.4, -0.2) is 17.8 Å². The third-order valence-corrected chi connectivity index (χ3v) is 9.92. The lowest BCUT2D eigenvalue weighted by atomic mass is 9.87. The quantitative estimate of drug-likeness (QED) is 0.116. The van der Waals surface area contributed by atoms with Gasteiger partial charge in [-0.15, -0.1) is 0 Å². The number of hydrogen-bond donors (Lipinski definition) is 0. The van der Waals surface area contributed by atoms with Gasteiger partial charge in [-0.3, -0.25) is 0 Å². The molecule has 0 saturated carbocycles. The minimum absolute atomic E-state index is 0.410. The van der Waals surface area contributed by atoms with Crippen LogP contribution in [0.1, 0.15) is 29.7 Å². The van der Waals surface area contributed by atoms with Gasteiger partial charge in [0.2, 0.25) is 12.6 Å². The maximum atomic E-state index is 4.19. The standard InChI is InChI=1S/C42H32N/c1-4-26-11-18-32-38(20-26)41-25(2)10-17-33-37-22-34(29-14-12-28(13-15-29)27-8-6-5-7-9-27)35-21-30(40-24-43(40)3)16-19-31(35)36(37)23-39(32)42(33)41/h5-23,40H,3-4,24H2,1-2H3/q+1. The summed E-state index contributed by atoms with van der Waals surface area (Å²) in [6.45, 7) is 9.73. The molecule has 0 aromatic heterocycles. The Morgan fingerprint density at radius 2 is 1.30 bits per heavy atom. The zero-order chi connectivity index (χ0) is 28.8. The highest BCUT2D eigenvalue weighted by molar-refractivity contribution is 6.29. The fourth-order valence-corrected chi connectivity index (χ4v) is 7.49. The first-order valence-electron chi connectivity index (χ1n) is 15.4. The van der Waals surface area contributed by atoms with Gasteiger partial charge in [0.25, 0.3) is 0 Å². The molecule has 2 aliphatic rings. The van der Waals surface area contributed by atoms with Crippen LogP contribution in [-0.2, 0) is 6.42 Å². The fraction of sp³-hybridized carbons (Fsp3) is 0.119. The molecular formula is C42H32N+. The van der Waals surface area contributed by atoms with Crippen LogP contribution < -0.4 is 0 Å². The zero-order valence-electron chi connectivity index (χ0n) is 24.6. The minimum atomic E-state index is 0.410. The van der Waals surface area contributed by atoms with E-state index in [4.69, 9.17) is 0 Å². The van der Waals surface area contributed by atoms with Crippen LogP contribution in [0.3, 0.4) is 0 Å². The van der Waals surface area contributed by atoms with E-state index in [0.29, 0.717) is 6.04 Å². The average Bonchev–Trinajstić information content (AvgIpc) is 3.70. The molecule has 9 rings (SSSR count). The molecule has 1 heteroatoms. The van der Waals surface area contributed by atoms with Crippen molar-refractivity contribution in [1.29, 1.82) is 0 Å². The summed E-state index contributed by atoms with van der Waals surface area (Å²) < 4.78 is 2.16. The summed E-state index contributed by atoms with van der Waals surface area (Å²) in [5, 5.41) is 8.05. The summed E-state index contributed by atoms with van der Waals surface area (Å²) in [4.78, 5) is 0. The van der Waals surface area contributed by atoms with Crippen LogP contribution in [0.4, 0.5) is 0 Å². The van der Waals surface area contributed by atoms with Crippen molar-refractivity contribution in [3.05, 3.63) is 132 Å². The highest BCUT2D eigenvalue weighted by Crippen LogP contribution is 2.52. The topological polar surface area (TPSA) is 3.01 Å². The normalized spacial score (nSPS) is 15.0. The molecule has 0 radical (unpaired) electrons. The van der Waals surface area contributed by atoms with E-state index in [1.807, 2.05) is 0 Å². The van der Waals surface area contributed by atoms with Gasteiger partial charge in [0.05, 0.1) is 0 Å². The molecule has 7 aromatic carbocycles. The highest BCUT2D eigenvalue weighted by Gasteiger charge is 2.40. The van der Waals surface area contributed by atoms with Crippen LogP contribution in [0.5, 0.6) is 0 Å². The third kappa shape index (κ3) is 3.61. The molecule has 204 valence electrons. The van der Waals surface area contributed by atoms with Crippen LogP contribution in [0.2, 0.25) is 0 Å². The second kappa shape index (κ2) is 8.99. The van der Waals surface area contributed by atoms with Gasteiger partial charge in [-0.05, 0) is 119 Å². The molecule has 7 aromatic rings. The van der Waals surface area contributed by atoms with E-state index < -0.39 is 0 Å². The Kier molecular flexibility index (Phi) is 5.14. The molecule has 1 fully saturated rings. The maximum Gasteiger partial charge on any atom is 0.235 e. The molecule has 0 N–H and O–H groups in total. The molecule has 1 aliphatic carbocycles. The SMILES string of the molecule is C=[N+]1CC1c1ccc2c(c1)c(-c1ccc(-c3ccccc3)cc1)cc1c3ccc(C)c4c3c(cc21)-c1ccc(CC)cc1-4. The Morgan fingerprint density at radius 1 is 0.605 bits per heavy atom. The lowest BCUT2D eigenvalue weighted by molar-refractivity contribution is -0.352. The first kappa shape index (κ1) is 24.6. The monoisotopic (exact) mass is 550 g/mol. The Labute approximate surface area is 252 Å². The smallest absolute Gasteiger partial charge is 0.222 e. The van der Waals surface area contributed by atoms with Crippen molar-refractivity contribution in [2.24, 2.45) is 0 Å².